The van der Waals surface area contributed by atoms with Crippen LogP contribution in [0.4, 0.5) is 0 Å². The van der Waals surface area contributed by atoms with Crippen LogP contribution >= 0.6 is 22.7 Å². The van der Waals surface area contributed by atoms with E-state index in [1.54, 1.807) is 22.7 Å². The van der Waals surface area contributed by atoms with Gasteiger partial charge >= 0.3 is 0 Å². The summed E-state index contributed by atoms with van der Waals surface area (Å²) in [6, 6.07) is 65.6. The number of benzene rings is 8. The maximum Gasteiger partial charge on any atom is 0.124 e. The molecular formula is C50H30N4S2. The van der Waals surface area contributed by atoms with Gasteiger partial charge in [0, 0.05) is 44.0 Å². The van der Waals surface area contributed by atoms with E-state index >= 15 is 0 Å². The molecule has 0 unspecified atom stereocenters. The molecule has 0 aliphatic carbocycles. The average Bonchev–Trinajstić information content (AvgIpc) is 4.04. The highest BCUT2D eigenvalue weighted by Gasteiger charge is 2.19. The molecule has 56 heavy (non-hydrogen) atoms. The Balaban J connectivity index is 1.06. The zero-order chi connectivity index (χ0) is 36.7. The molecule has 262 valence electrons. The minimum absolute atomic E-state index is 1.00. The number of nitrogens with zero attached hydrogens (tertiary/aromatic N) is 4. The Kier molecular flexibility index (Phi) is 6.93. The number of hydrogen-bond donors (Lipinski definition) is 0. The Hall–Kier alpha value is -6.86. The van der Waals surface area contributed by atoms with Crippen LogP contribution in [0, 0.1) is 0 Å². The van der Waals surface area contributed by atoms with E-state index in [1.807, 2.05) is 0 Å². The lowest BCUT2D eigenvalue weighted by molar-refractivity contribution is 1.18. The fourth-order valence-corrected chi connectivity index (χ4v) is 10.3. The molecule has 0 saturated carbocycles. The highest BCUT2D eigenvalue weighted by molar-refractivity contribution is 7.22. The Bertz CT molecular complexity index is 3330. The number of para-hydroxylation sites is 5. The molecule has 8 aromatic carbocycles. The van der Waals surface area contributed by atoms with Crippen molar-refractivity contribution in [3.63, 3.8) is 0 Å². The summed E-state index contributed by atoms with van der Waals surface area (Å²) in [7, 11) is 0. The molecule has 0 amide bonds. The number of aromatic nitrogens is 4. The number of hydrogen-bond acceptors (Lipinski definition) is 4. The van der Waals surface area contributed by atoms with Crippen molar-refractivity contribution in [2.75, 3.05) is 0 Å². The normalized spacial score (nSPS) is 11.9. The maximum atomic E-state index is 5.10. The lowest BCUT2D eigenvalue weighted by Gasteiger charge is -2.12. The molecular weight excluding hydrogens is 721 g/mol. The third-order valence-electron chi connectivity index (χ3n) is 11.0. The SMILES string of the molecule is c1ccc(-n2c3ccccc3c3cc(-c4ccc5c(c4)c4ccccc4n5-c4cc(-c5nc6ccccc6s5)cc(-c5nc6ccccc6s5)c4)ccc32)cc1. The number of rotatable bonds is 5. The summed E-state index contributed by atoms with van der Waals surface area (Å²) in [5.74, 6) is 0. The van der Waals surface area contributed by atoms with Crippen molar-refractivity contribution in [2.24, 2.45) is 0 Å². The van der Waals surface area contributed by atoms with Gasteiger partial charge in [-0.1, -0.05) is 91.0 Å². The van der Waals surface area contributed by atoms with Crippen LogP contribution < -0.4 is 0 Å². The van der Waals surface area contributed by atoms with Crippen LogP contribution in [0.5, 0.6) is 0 Å². The standard InChI is InChI=1S/C50H30N4S2/c1-2-12-35(13-3-1)53-43-18-8-4-14-37(43)39-29-31(22-24-45(39)53)32-23-25-46-40(30-32)38-15-5-9-19-44(38)54(46)36-27-33(49-51-41-16-6-10-20-47(41)55-49)26-34(28-36)50-52-42-17-7-11-21-48(42)56-50/h1-30H. The molecule has 0 radical (unpaired) electrons. The van der Waals surface area contributed by atoms with Crippen LogP contribution in [0.2, 0.25) is 0 Å². The maximum absolute atomic E-state index is 5.10. The van der Waals surface area contributed by atoms with E-state index in [-0.39, 0.29) is 0 Å². The quantitative estimate of drug-likeness (QED) is 0.176. The largest absolute Gasteiger partial charge is 0.309 e. The second kappa shape index (κ2) is 12.3. The van der Waals surface area contributed by atoms with Gasteiger partial charge in [0.05, 0.1) is 42.5 Å². The average molecular weight is 751 g/mol. The molecule has 12 rings (SSSR count). The second-order valence-corrected chi connectivity index (χ2v) is 16.3. The molecule has 6 heteroatoms. The Morgan fingerprint density at radius 3 is 1.30 bits per heavy atom. The first-order chi connectivity index (χ1) is 27.7. The zero-order valence-corrected chi connectivity index (χ0v) is 31.6. The van der Waals surface area contributed by atoms with Gasteiger partial charge in [-0.3, -0.25) is 0 Å². The van der Waals surface area contributed by atoms with E-state index in [1.165, 1.54) is 58.8 Å². The first kappa shape index (κ1) is 31.5. The summed E-state index contributed by atoms with van der Waals surface area (Å²) in [5.41, 5.74) is 13.6. The van der Waals surface area contributed by atoms with Gasteiger partial charge in [0.15, 0.2) is 0 Å². The monoisotopic (exact) mass is 750 g/mol. The van der Waals surface area contributed by atoms with Crippen LogP contribution in [-0.2, 0) is 0 Å². The fraction of sp³-hybridized carbons (Fsp3) is 0. The molecule has 4 aromatic heterocycles. The summed E-state index contributed by atoms with van der Waals surface area (Å²) in [4.78, 5) is 10.2. The molecule has 0 fully saturated rings. The molecule has 0 aliphatic rings. The summed E-state index contributed by atoms with van der Waals surface area (Å²) in [6.45, 7) is 0. The second-order valence-electron chi connectivity index (χ2n) is 14.2. The van der Waals surface area contributed by atoms with Crippen molar-refractivity contribution in [2.45, 2.75) is 0 Å². The fourth-order valence-electron chi connectivity index (χ4n) is 8.42. The smallest absolute Gasteiger partial charge is 0.124 e. The highest BCUT2D eigenvalue weighted by Crippen LogP contribution is 2.41. The van der Waals surface area contributed by atoms with Crippen LogP contribution in [0.1, 0.15) is 0 Å². The Morgan fingerprint density at radius 2 is 0.768 bits per heavy atom. The van der Waals surface area contributed by atoms with Gasteiger partial charge < -0.3 is 9.13 Å². The van der Waals surface area contributed by atoms with Crippen molar-refractivity contribution >= 4 is 86.7 Å². The Morgan fingerprint density at radius 1 is 0.321 bits per heavy atom. The van der Waals surface area contributed by atoms with Crippen molar-refractivity contribution in [3.8, 4) is 43.6 Å². The van der Waals surface area contributed by atoms with Crippen molar-refractivity contribution < 1.29 is 0 Å². The summed E-state index contributed by atoms with van der Waals surface area (Å²) in [6.07, 6.45) is 0. The minimum Gasteiger partial charge on any atom is -0.309 e. The van der Waals surface area contributed by atoms with E-state index < -0.39 is 0 Å². The number of fused-ring (bicyclic) bond motifs is 8. The molecule has 0 aliphatic heterocycles. The predicted molar refractivity (Wildman–Crippen MR) is 238 cm³/mol. The van der Waals surface area contributed by atoms with Gasteiger partial charge in [0.1, 0.15) is 10.0 Å². The van der Waals surface area contributed by atoms with Gasteiger partial charge in [0.25, 0.3) is 0 Å². The first-order valence-electron chi connectivity index (χ1n) is 18.7. The van der Waals surface area contributed by atoms with Gasteiger partial charge in [-0.25, -0.2) is 9.97 Å². The predicted octanol–water partition coefficient (Wildman–Crippen LogP) is 14.1. The van der Waals surface area contributed by atoms with Crippen LogP contribution in [0.3, 0.4) is 0 Å². The summed E-state index contributed by atoms with van der Waals surface area (Å²) < 4.78 is 7.15. The van der Waals surface area contributed by atoms with Gasteiger partial charge in [-0.15, -0.1) is 22.7 Å². The van der Waals surface area contributed by atoms with E-state index in [4.69, 9.17) is 9.97 Å². The summed E-state index contributed by atoms with van der Waals surface area (Å²) in [5, 5.41) is 6.95. The molecule has 12 aromatic rings. The van der Waals surface area contributed by atoms with E-state index in [0.717, 1.165) is 48.9 Å². The van der Waals surface area contributed by atoms with Crippen molar-refractivity contribution in [3.05, 3.63) is 182 Å². The highest BCUT2D eigenvalue weighted by atomic mass is 32.1. The molecule has 0 bridgehead atoms. The van der Waals surface area contributed by atoms with E-state index in [2.05, 4.69) is 191 Å². The number of thiazole rings is 2. The van der Waals surface area contributed by atoms with E-state index in [9.17, 15) is 0 Å². The molecule has 0 N–H and O–H groups in total. The zero-order valence-electron chi connectivity index (χ0n) is 29.9. The first-order valence-corrected chi connectivity index (χ1v) is 20.4. The third kappa shape index (κ3) is 4.90. The van der Waals surface area contributed by atoms with Gasteiger partial charge in [-0.2, -0.15) is 0 Å². The molecule has 4 heterocycles. The molecule has 0 atom stereocenters. The Labute approximate surface area is 329 Å². The topological polar surface area (TPSA) is 35.6 Å². The molecule has 0 saturated heterocycles. The lowest BCUT2D eigenvalue weighted by Crippen LogP contribution is -1.96. The molecule has 4 nitrogen and oxygen atoms in total. The summed E-state index contributed by atoms with van der Waals surface area (Å²) >= 11 is 3.47. The van der Waals surface area contributed by atoms with Crippen LogP contribution in [0.15, 0.2) is 182 Å². The van der Waals surface area contributed by atoms with Crippen LogP contribution in [-0.4, -0.2) is 19.1 Å². The lowest BCUT2D eigenvalue weighted by atomic mass is 10.0. The van der Waals surface area contributed by atoms with Gasteiger partial charge in [0.2, 0.25) is 0 Å². The van der Waals surface area contributed by atoms with E-state index in [0.29, 0.717) is 0 Å². The van der Waals surface area contributed by atoms with Crippen molar-refractivity contribution in [1.82, 2.24) is 19.1 Å². The van der Waals surface area contributed by atoms with Crippen molar-refractivity contribution in [1.29, 1.82) is 0 Å². The minimum atomic E-state index is 1.00. The van der Waals surface area contributed by atoms with Crippen LogP contribution in [0.25, 0.3) is 108 Å². The third-order valence-corrected chi connectivity index (χ3v) is 13.1. The molecule has 0 spiro atoms. The van der Waals surface area contributed by atoms with Gasteiger partial charge in [-0.05, 0) is 102 Å².